The van der Waals surface area contributed by atoms with Crippen LogP contribution in [-0.4, -0.2) is 33.9 Å². The Kier molecular flexibility index (Phi) is 4.13. The number of oxazole rings is 1. The van der Waals surface area contributed by atoms with Crippen molar-refractivity contribution in [3.05, 3.63) is 70.3 Å². The number of carbonyl (C=O) groups excluding carboxylic acids is 1. The van der Waals surface area contributed by atoms with Crippen LogP contribution in [0.3, 0.4) is 0 Å². The normalized spacial score (nSPS) is 16.8. The molecule has 6 heteroatoms. The third-order valence-corrected chi connectivity index (χ3v) is 5.76. The zero-order valence-electron chi connectivity index (χ0n) is 14.0. The molecule has 25 heavy (non-hydrogen) atoms. The number of aromatic nitrogens is 2. The highest BCUT2D eigenvalue weighted by atomic mass is 32.1. The first-order chi connectivity index (χ1) is 12.2. The minimum Gasteiger partial charge on any atom is -0.451 e. The van der Waals surface area contributed by atoms with Gasteiger partial charge in [-0.15, -0.1) is 11.3 Å². The third kappa shape index (κ3) is 2.87. The lowest BCUT2D eigenvalue weighted by atomic mass is 9.70. The average Bonchev–Trinajstić information content (AvgIpc) is 3.34. The van der Waals surface area contributed by atoms with Gasteiger partial charge in [-0.3, -0.25) is 4.79 Å². The number of likely N-dealkylation sites (tertiary alicyclic amines) is 1. The van der Waals surface area contributed by atoms with Gasteiger partial charge < -0.3 is 9.32 Å². The number of thiazole rings is 1. The van der Waals surface area contributed by atoms with Gasteiger partial charge in [-0.05, 0) is 25.3 Å². The Hall–Kier alpha value is -2.47. The van der Waals surface area contributed by atoms with Gasteiger partial charge in [0, 0.05) is 23.9 Å². The van der Waals surface area contributed by atoms with Crippen LogP contribution in [0.15, 0.2) is 52.8 Å². The highest BCUT2D eigenvalue weighted by Crippen LogP contribution is 2.42. The van der Waals surface area contributed by atoms with Gasteiger partial charge >= 0.3 is 0 Å². The van der Waals surface area contributed by atoms with Gasteiger partial charge in [0.25, 0.3) is 5.91 Å². The van der Waals surface area contributed by atoms with Crippen molar-refractivity contribution in [2.24, 2.45) is 0 Å². The molecule has 1 aliphatic heterocycles. The second-order valence-electron chi connectivity index (χ2n) is 6.37. The van der Waals surface area contributed by atoms with Crippen molar-refractivity contribution >= 4 is 17.2 Å². The van der Waals surface area contributed by atoms with E-state index in [-0.39, 0.29) is 11.3 Å². The van der Waals surface area contributed by atoms with Crippen LogP contribution >= 0.6 is 11.3 Å². The molecule has 4 rings (SSSR count). The summed E-state index contributed by atoms with van der Waals surface area (Å²) >= 11 is 1.68. The summed E-state index contributed by atoms with van der Waals surface area (Å²) in [5, 5.41) is 3.24. The number of aryl methyl sites for hydroxylation is 1. The van der Waals surface area contributed by atoms with Gasteiger partial charge in [0.05, 0.1) is 10.7 Å². The van der Waals surface area contributed by atoms with Crippen LogP contribution in [0.2, 0.25) is 0 Å². The molecule has 0 spiro atoms. The molecule has 0 aliphatic carbocycles. The second-order valence-corrected chi connectivity index (χ2v) is 7.43. The molecule has 0 N–H and O–H groups in total. The van der Waals surface area contributed by atoms with Crippen molar-refractivity contribution in [3.63, 3.8) is 0 Å². The van der Waals surface area contributed by atoms with Crippen molar-refractivity contribution < 1.29 is 9.21 Å². The quantitative estimate of drug-likeness (QED) is 0.721. The Bertz CT molecular complexity index is 850. The SMILES string of the molecule is Cc1nc(C2(c3ccccc3)CCN(C(=O)c3cocn3)CC2)cs1. The van der Waals surface area contributed by atoms with E-state index in [1.165, 1.54) is 18.2 Å². The predicted octanol–water partition coefficient (Wildman–Crippen LogP) is 3.66. The van der Waals surface area contributed by atoms with Gasteiger partial charge in [0.15, 0.2) is 12.1 Å². The Morgan fingerprint density at radius 2 is 2.00 bits per heavy atom. The van der Waals surface area contributed by atoms with E-state index < -0.39 is 0 Å². The maximum Gasteiger partial charge on any atom is 0.275 e. The zero-order chi connectivity index (χ0) is 17.3. The van der Waals surface area contributed by atoms with E-state index in [0.29, 0.717) is 18.8 Å². The summed E-state index contributed by atoms with van der Waals surface area (Å²) in [6, 6.07) is 10.5. The topological polar surface area (TPSA) is 59.2 Å². The Labute approximate surface area is 150 Å². The molecule has 3 heterocycles. The Balaban J connectivity index is 1.63. The fourth-order valence-corrected chi connectivity index (χ4v) is 4.32. The lowest BCUT2D eigenvalue weighted by Gasteiger charge is -2.41. The van der Waals surface area contributed by atoms with Gasteiger partial charge in [0.1, 0.15) is 6.26 Å². The number of nitrogens with zero attached hydrogens (tertiary/aromatic N) is 3. The molecule has 0 bridgehead atoms. The van der Waals surface area contributed by atoms with Crippen LogP contribution in [0.25, 0.3) is 0 Å². The van der Waals surface area contributed by atoms with E-state index >= 15 is 0 Å². The van der Waals surface area contributed by atoms with E-state index in [1.807, 2.05) is 17.9 Å². The lowest BCUT2D eigenvalue weighted by Crippen LogP contribution is -2.46. The highest BCUT2D eigenvalue weighted by Gasteiger charge is 2.40. The van der Waals surface area contributed by atoms with Gasteiger partial charge in [-0.25, -0.2) is 9.97 Å². The van der Waals surface area contributed by atoms with Crippen LogP contribution < -0.4 is 0 Å². The maximum atomic E-state index is 12.5. The first-order valence-electron chi connectivity index (χ1n) is 8.35. The molecular weight excluding hydrogens is 334 g/mol. The number of piperidine rings is 1. The molecule has 1 aromatic carbocycles. The van der Waals surface area contributed by atoms with Crippen molar-refractivity contribution in [1.82, 2.24) is 14.9 Å². The molecule has 3 aromatic rings. The number of carbonyl (C=O) groups is 1. The van der Waals surface area contributed by atoms with Crippen molar-refractivity contribution in [1.29, 1.82) is 0 Å². The van der Waals surface area contributed by atoms with Crippen LogP contribution in [0, 0.1) is 6.92 Å². The summed E-state index contributed by atoms with van der Waals surface area (Å²) in [7, 11) is 0. The number of benzene rings is 1. The van der Waals surface area contributed by atoms with Gasteiger partial charge in [0.2, 0.25) is 0 Å². The Morgan fingerprint density at radius 3 is 2.60 bits per heavy atom. The molecular formula is C19H19N3O2S. The number of rotatable bonds is 3. The number of amides is 1. The summed E-state index contributed by atoms with van der Waals surface area (Å²) in [6.45, 7) is 3.39. The molecule has 1 fully saturated rings. The molecule has 0 saturated carbocycles. The zero-order valence-corrected chi connectivity index (χ0v) is 14.8. The number of hydrogen-bond acceptors (Lipinski definition) is 5. The van der Waals surface area contributed by atoms with Gasteiger partial charge in [-0.1, -0.05) is 30.3 Å². The molecule has 0 atom stereocenters. The standard InChI is InChI=1S/C19H19N3O2S/c1-14-21-17(12-25-14)19(15-5-3-2-4-6-15)7-9-22(10-8-19)18(23)16-11-24-13-20-16/h2-6,11-13H,7-10H2,1H3. The smallest absolute Gasteiger partial charge is 0.275 e. The lowest BCUT2D eigenvalue weighted by molar-refractivity contribution is 0.0678. The molecule has 1 amide bonds. The minimum atomic E-state index is -0.132. The summed E-state index contributed by atoms with van der Waals surface area (Å²) in [6.07, 6.45) is 4.40. The van der Waals surface area contributed by atoms with E-state index in [0.717, 1.165) is 23.5 Å². The van der Waals surface area contributed by atoms with E-state index in [9.17, 15) is 4.79 Å². The van der Waals surface area contributed by atoms with Crippen molar-refractivity contribution in [2.45, 2.75) is 25.2 Å². The second kappa shape index (κ2) is 6.44. The first-order valence-corrected chi connectivity index (χ1v) is 9.23. The number of hydrogen-bond donors (Lipinski definition) is 0. The molecule has 0 unspecified atom stereocenters. The fourth-order valence-electron chi connectivity index (χ4n) is 3.60. The highest BCUT2D eigenvalue weighted by molar-refractivity contribution is 7.09. The third-order valence-electron chi connectivity index (χ3n) is 4.99. The maximum absolute atomic E-state index is 12.5. The molecule has 1 aliphatic rings. The average molecular weight is 353 g/mol. The Morgan fingerprint density at radius 1 is 1.24 bits per heavy atom. The summed E-state index contributed by atoms with van der Waals surface area (Å²) in [4.78, 5) is 23.2. The van der Waals surface area contributed by atoms with Crippen LogP contribution in [0.4, 0.5) is 0 Å². The monoisotopic (exact) mass is 353 g/mol. The molecule has 1 saturated heterocycles. The molecule has 128 valence electrons. The minimum absolute atomic E-state index is 0.0649. The van der Waals surface area contributed by atoms with Crippen LogP contribution in [0.1, 0.15) is 39.6 Å². The van der Waals surface area contributed by atoms with E-state index in [2.05, 4.69) is 34.6 Å². The van der Waals surface area contributed by atoms with E-state index in [4.69, 9.17) is 9.40 Å². The van der Waals surface area contributed by atoms with Crippen molar-refractivity contribution in [2.75, 3.05) is 13.1 Å². The predicted molar refractivity (Wildman–Crippen MR) is 95.7 cm³/mol. The fraction of sp³-hybridized carbons (Fsp3) is 0.316. The van der Waals surface area contributed by atoms with E-state index in [1.54, 1.807) is 11.3 Å². The molecule has 2 aromatic heterocycles. The van der Waals surface area contributed by atoms with Crippen LogP contribution in [-0.2, 0) is 5.41 Å². The van der Waals surface area contributed by atoms with Crippen molar-refractivity contribution in [3.8, 4) is 0 Å². The summed E-state index contributed by atoms with van der Waals surface area (Å²) in [5.74, 6) is -0.0649. The van der Waals surface area contributed by atoms with Gasteiger partial charge in [-0.2, -0.15) is 0 Å². The first kappa shape index (κ1) is 16.0. The molecule has 0 radical (unpaired) electrons. The molecule has 5 nitrogen and oxygen atoms in total. The largest absolute Gasteiger partial charge is 0.451 e. The van der Waals surface area contributed by atoms with Crippen LogP contribution in [0.5, 0.6) is 0 Å². The summed E-state index contributed by atoms with van der Waals surface area (Å²) in [5.41, 5.74) is 2.63. The summed E-state index contributed by atoms with van der Waals surface area (Å²) < 4.78 is 4.94.